The number of fused-ring (bicyclic) bond motifs is 3. The monoisotopic (exact) mass is 414 g/mol. The van der Waals surface area contributed by atoms with Crippen LogP contribution in [0.1, 0.15) is 43.2 Å². The van der Waals surface area contributed by atoms with Crippen LogP contribution in [-0.2, 0) is 9.59 Å². The molecule has 0 spiro atoms. The lowest BCUT2D eigenvalue weighted by Gasteiger charge is -2.35. The van der Waals surface area contributed by atoms with Gasteiger partial charge in [-0.25, -0.2) is 0 Å². The summed E-state index contributed by atoms with van der Waals surface area (Å²) in [5.74, 6) is 0.302. The van der Waals surface area contributed by atoms with Crippen molar-refractivity contribution >= 4 is 28.3 Å². The molecule has 0 amide bonds. The smallest absolute Gasteiger partial charge is 0.308 e. The number of allylic oxidation sites excluding steroid dienone is 2. The molecule has 5 rings (SSSR count). The summed E-state index contributed by atoms with van der Waals surface area (Å²) in [5, 5.41) is 4.52. The minimum absolute atomic E-state index is 0.160. The van der Waals surface area contributed by atoms with Crippen molar-refractivity contribution in [2.24, 2.45) is 0 Å². The van der Waals surface area contributed by atoms with Gasteiger partial charge in [0.05, 0.1) is 12.6 Å². The van der Waals surface area contributed by atoms with E-state index in [4.69, 9.17) is 9.47 Å². The molecule has 2 aliphatic rings. The lowest BCUT2D eigenvalue weighted by atomic mass is 9.74. The number of pyridine rings is 1. The Morgan fingerprint density at radius 1 is 1.13 bits per heavy atom. The summed E-state index contributed by atoms with van der Waals surface area (Å²) in [7, 11) is 1.54. The van der Waals surface area contributed by atoms with Crippen LogP contribution >= 0.6 is 0 Å². The van der Waals surface area contributed by atoms with Gasteiger partial charge in [0.15, 0.2) is 17.3 Å². The Hall–Kier alpha value is -3.67. The topological polar surface area (TPSA) is 77.5 Å². The maximum atomic E-state index is 13.1. The quantitative estimate of drug-likeness (QED) is 0.493. The highest BCUT2D eigenvalue weighted by molar-refractivity contribution is 6.03. The maximum Gasteiger partial charge on any atom is 0.308 e. The fourth-order valence-electron chi connectivity index (χ4n) is 4.67. The zero-order valence-electron chi connectivity index (χ0n) is 17.4. The van der Waals surface area contributed by atoms with Crippen LogP contribution in [0.4, 0.5) is 5.69 Å². The summed E-state index contributed by atoms with van der Waals surface area (Å²) >= 11 is 0. The molecule has 2 aromatic carbocycles. The molecule has 1 aromatic heterocycles. The number of aromatic nitrogens is 1. The van der Waals surface area contributed by atoms with Gasteiger partial charge >= 0.3 is 5.97 Å². The van der Waals surface area contributed by atoms with Gasteiger partial charge < -0.3 is 14.8 Å². The van der Waals surface area contributed by atoms with E-state index in [-0.39, 0.29) is 11.7 Å². The van der Waals surface area contributed by atoms with Gasteiger partial charge in [-0.1, -0.05) is 12.1 Å². The predicted molar refractivity (Wildman–Crippen MR) is 117 cm³/mol. The lowest BCUT2D eigenvalue weighted by molar-refractivity contribution is -0.132. The average molecular weight is 414 g/mol. The Morgan fingerprint density at radius 3 is 2.81 bits per heavy atom. The second-order valence-electron chi connectivity index (χ2n) is 7.83. The van der Waals surface area contributed by atoms with Gasteiger partial charge in [-0.3, -0.25) is 14.6 Å². The number of esters is 1. The fraction of sp³-hybridized carbons (Fsp3) is 0.240. The molecule has 1 atom stereocenters. The summed E-state index contributed by atoms with van der Waals surface area (Å²) in [4.78, 5) is 29.1. The number of carbonyl (C=O) groups excluding carboxylic acids is 2. The Labute approximate surface area is 179 Å². The van der Waals surface area contributed by atoms with Crippen LogP contribution in [0.2, 0.25) is 0 Å². The van der Waals surface area contributed by atoms with Crippen LogP contribution in [0.3, 0.4) is 0 Å². The Balaban J connectivity index is 1.76. The predicted octanol–water partition coefficient (Wildman–Crippen LogP) is 4.73. The van der Waals surface area contributed by atoms with Gasteiger partial charge in [-0.05, 0) is 54.3 Å². The molecule has 3 aromatic rings. The first kappa shape index (κ1) is 19.3. The van der Waals surface area contributed by atoms with E-state index in [2.05, 4.69) is 10.3 Å². The third-order valence-corrected chi connectivity index (χ3v) is 5.92. The van der Waals surface area contributed by atoms with Crippen molar-refractivity contribution in [1.29, 1.82) is 0 Å². The molecule has 6 nitrogen and oxygen atoms in total. The summed E-state index contributed by atoms with van der Waals surface area (Å²) in [6.07, 6.45) is 3.99. The number of nitrogens with one attached hydrogen (secondary N) is 1. The van der Waals surface area contributed by atoms with E-state index >= 15 is 0 Å². The number of anilines is 1. The molecule has 0 radical (unpaired) electrons. The lowest BCUT2D eigenvalue weighted by Crippen LogP contribution is -2.27. The molecule has 6 heteroatoms. The number of benzene rings is 2. The number of rotatable bonds is 3. The van der Waals surface area contributed by atoms with Crippen molar-refractivity contribution in [3.63, 3.8) is 0 Å². The molecule has 0 unspecified atom stereocenters. The summed E-state index contributed by atoms with van der Waals surface area (Å²) in [6.45, 7) is 1.35. The number of carbonyl (C=O) groups is 2. The highest BCUT2D eigenvalue weighted by Gasteiger charge is 2.36. The second kappa shape index (κ2) is 7.54. The van der Waals surface area contributed by atoms with Gasteiger partial charge in [0.1, 0.15) is 0 Å². The van der Waals surface area contributed by atoms with Crippen LogP contribution < -0.4 is 14.8 Å². The van der Waals surface area contributed by atoms with Crippen molar-refractivity contribution in [3.8, 4) is 11.5 Å². The zero-order chi connectivity index (χ0) is 21.5. The van der Waals surface area contributed by atoms with Crippen LogP contribution in [0.25, 0.3) is 10.9 Å². The minimum Gasteiger partial charge on any atom is -0.493 e. The minimum atomic E-state index is -0.414. The van der Waals surface area contributed by atoms with Crippen molar-refractivity contribution in [1.82, 2.24) is 4.98 Å². The fourth-order valence-corrected chi connectivity index (χ4v) is 4.67. The second-order valence-corrected chi connectivity index (χ2v) is 7.83. The van der Waals surface area contributed by atoms with Gasteiger partial charge in [0, 0.05) is 47.8 Å². The number of ketones is 1. The first-order chi connectivity index (χ1) is 15.1. The molecule has 31 heavy (non-hydrogen) atoms. The number of hydrogen-bond donors (Lipinski definition) is 1. The highest BCUT2D eigenvalue weighted by atomic mass is 16.6. The van der Waals surface area contributed by atoms with E-state index in [1.807, 2.05) is 36.4 Å². The van der Waals surface area contributed by atoms with E-state index in [1.54, 1.807) is 12.3 Å². The SMILES string of the molecule is COc1cc([C@H]2C3=C(CCCC3=O)Nc3ccc4ncccc4c32)ccc1OC(C)=O. The Kier molecular flexibility index (Phi) is 4.70. The number of Topliss-reactive ketones (excluding diaryl/α,β-unsaturated/α-hetero) is 1. The van der Waals surface area contributed by atoms with Crippen molar-refractivity contribution < 1.29 is 19.1 Å². The summed E-state index contributed by atoms with van der Waals surface area (Å²) < 4.78 is 10.8. The van der Waals surface area contributed by atoms with Crippen molar-refractivity contribution in [2.75, 3.05) is 12.4 Å². The maximum absolute atomic E-state index is 13.1. The third kappa shape index (κ3) is 3.24. The van der Waals surface area contributed by atoms with E-state index in [9.17, 15) is 9.59 Å². The van der Waals surface area contributed by atoms with E-state index in [0.29, 0.717) is 17.9 Å². The van der Waals surface area contributed by atoms with Gasteiger partial charge in [0.2, 0.25) is 0 Å². The third-order valence-electron chi connectivity index (χ3n) is 5.92. The number of ether oxygens (including phenoxy) is 2. The van der Waals surface area contributed by atoms with Crippen LogP contribution in [0.15, 0.2) is 59.9 Å². The summed E-state index contributed by atoms with van der Waals surface area (Å²) in [6, 6.07) is 13.5. The molecular formula is C25H22N2O4. The Morgan fingerprint density at radius 2 is 2.00 bits per heavy atom. The molecule has 0 fully saturated rings. The zero-order valence-corrected chi connectivity index (χ0v) is 17.4. The molecular weight excluding hydrogens is 392 g/mol. The molecule has 156 valence electrons. The van der Waals surface area contributed by atoms with Crippen LogP contribution in [0.5, 0.6) is 11.5 Å². The number of nitrogens with zero attached hydrogens (tertiary/aromatic N) is 1. The standard InChI is InChI=1S/C25H22N2O4/c1-14(28)31-21-11-8-15(13-22(21)30-2)23-24-16-5-4-12-26-17(16)9-10-19(24)27-18-6-3-7-20(29)25(18)23/h4-5,8-13,23,27H,3,6-7H2,1-2H3/t23-/m1/s1. The summed E-state index contributed by atoms with van der Waals surface area (Å²) in [5.41, 5.74) is 5.60. The van der Waals surface area contributed by atoms with Crippen LogP contribution in [0, 0.1) is 0 Å². The Bertz CT molecular complexity index is 1260. The molecule has 1 N–H and O–H groups in total. The van der Waals surface area contributed by atoms with Gasteiger partial charge in [-0.2, -0.15) is 0 Å². The molecule has 0 saturated carbocycles. The van der Waals surface area contributed by atoms with E-state index < -0.39 is 5.97 Å². The number of methoxy groups -OCH3 is 1. The normalized spacial score (nSPS) is 17.6. The molecule has 2 heterocycles. The van der Waals surface area contributed by atoms with Crippen LogP contribution in [-0.4, -0.2) is 23.8 Å². The van der Waals surface area contributed by atoms with Gasteiger partial charge in [0.25, 0.3) is 0 Å². The van der Waals surface area contributed by atoms with E-state index in [1.165, 1.54) is 14.0 Å². The first-order valence-corrected chi connectivity index (χ1v) is 10.3. The molecule has 0 bridgehead atoms. The van der Waals surface area contributed by atoms with Crippen molar-refractivity contribution in [3.05, 3.63) is 71.1 Å². The average Bonchev–Trinajstić information content (AvgIpc) is 2.77. The highest BCUT2D eigenvalue weighted by Crippen LogP contribution is 2.48. The molecule has 0 saturated heterocycles. The molecule has 1 aliphatic heterocycles. The van der Waals surface area contributed by atoms with E-state index in [0.717, 1.165) is 51.8 Å². The number of hydrogen-bond acceptors (Lipinski definition) is 6. The van der Waals surface area contributed by atoms with Gasteiger partial charge in [-0.15, -0.1) is 0 Å². The van der Waals surface area contributed by atoms with Crippen molar-refractivity contribution in [2.45, 2.75) is 32.1 Å². The molecule has 1 aliphatic carbocycles. The largest absolute Gasteiger partial charge is 0.493 e. The first-order valence-electron chi connectivity index (χ1n) is 10.3.